The van der Waals surface area contributed by atoms with Crippen LogP contribution in [0.4, 0.5) is 0 Å². The van der Waals surface area contributed by atoms with Crippen molar-refractivity contribution >= 4 is 10.9 Å². The Kier molecular flexibility index (Phi) is 4.75. The zero-order chi connectivity index (χ0) is 18.0. The quantitative estimate of drug-likeness (QED) is 0.739. The molecule has 0 bridgehead atoms. The first-order valence-electron chi connectivity index (χ1n) is 9.42. The first-order valence-corrected chi connectivity index (χ1v) is 9.42. The van der Waals surface area contributed by atoms with Crippen LogP contribution in [0.2, 0.25) is 0 Å². The fourth-order valence-electron chi connectivity index (χ4n) is 4.13. The summed E-state index contributed by atoms with van der Waals surface area (Å²) in [5.74, 6) is 0.546. The molecule has 0 aliphatic carbocycles. The van der Waals surface area contributed by atoms with Crippen molar-refractivity contribution in [1.29, 1.82) is 0 Å². The van der Waals surface area contributed by atoms with E-state index in [1.54, 1.807) is 0 Å². The summed E-state index contributed by atoms with van der Waals surface area (Å²) in [6.07, 6.45) is 4.16. The summed E-state index contributed by atoms with van der Waals surface area (Å²) in [5, 5.41) is 4.62. The minimum absolute atomic E-state index is 0.231. The van der Waals surface area contributed by atoms with E-state index in [9.17, 15) is 0 Å². The first-order chi connectivity index (χ1) is 12.7. The number of hydrogen-bond acceptors (Lipinski definition) is 3. The largest absolute Gasteiger partial charge is 0.374 e. The van der Waals surface area contributed by atoms with E-state index in [0.717, 1.165) is 31.4 Å². The van der Waals surface area contributed by atoms with E-state index >= 15 is 0 Å². The van der Waals surface area contributed by atoms with Crippen LogP contribution in [0.1, 0.15) is 25.3 Å². The van der Waals surface area contributed by atoms with Crippen molar-refractivity contribution < 1.29 is 4.74 Å². The molecule has 1 aliphatic heterocycles. The first kappa shape index (κ1) is 17.2. The molecule has 3 heteroatoms. The van der Waals surface area contributed by atoms with Gasteiger partial charge in [0.25, 0.3) is 0 Å². The van der Waals surface area contributed by atoms with E-state index < -0.39 is 0 Å². The van der Waals surface area contributed by atoms with Crippen LogP contribution in [0, 0.1) is 5.92 Å². The van der Waals surface area contributed by atoms with Crippen LogP contribution in [-0.4, -0.2) is 25.2 Å². The zero-order valence-electron chi connectivity index (χ0n) is 15.5. The molecule has 134 valence electrons. The number of hydrogen-bond donors (Lipinski definition) is 1. The Morgan fingerprint density at radius 3 is 2.46 bits per heavy atom. The molecule has 4 rings (SSSR count). The van der Waals surface area contributed by atoms with Gasteiger partial charge in [-0.3, -0.25) is 4.98 Å². The number of aromatic nitrogens is 1. The van der Waals surface area contributed by atoms with E-state index in [1.165, 1.54) is 22.1 Å². The van der Waals surface area contributed by atoms with Gasteiger partial charge >= 0.3 is 0 Å². The third-order valence-electron chi connectivity index (χ3n) is 5.94. The molecule has 1 atom stereocenters. The topological polar surface area (TPSA) is 34.1 Å². The predicted molar refractivity (Wildman–Crippen MR) is 107 cm³/mol. The number of piperidine rings is 1. The number of nitrogens with one attached hydrogen (secondary N) is 1. The third kappa shape index (κ3) is 3.13. The predicted octanol–water partition coefficient (Wildman–Crippen LogP) is 4.76. The fraction of sp³-hybridized carbons (Fsp3) is 0.348. The van der Waals surface area contributed by atoms with E-state index in [4.69, 9.17) is 4.74 Å². The zero-order valence-corrected chi connectivity index (χ0v) is 15.5. The normalized spacial score (nSPS) is 17.9. The van der Waals surface area contributed by atoms with Crippen molar-refractivity contribution in [3.05, 3.63) is 66.4 Å². The van der Waals surface area contributed by atoms with Crippen LogP contribution < -0.4 is 5.32 Å². The summed E-state index contributed by atoms with van der Waals surface area (Å²) < 4.78 is 6.03. The highest BCUT2D eigenvalue weighted by Crippen LogP contribution is 2.38. The summed E-state index contributed by atoms with van der Waals surface area (Å²) in [5.41, 5.74) is 4.47. The molecule has 1 unspecified atom stereocenters. The highest BCUT2D eigenvalue weighted by atomic mass is 16.5. The number of pyridine rings is 1. The molecular weight excluding hydrogens is 320 g/mol. The van der Waals surface area contributed by atoms with Gasteiger partial charge in [0.2, 0.25) is 0 Å². The Bertz CT molecular complexity index is 884. The Balaban J connectivity index is 1.64. The number of nitrogens with zero attached hydrogens (tertiary/aromatic N) is 1. The molecule has 0 saturated carbocycles. The van der Waals surface area contributed by atoms with Crippen LogP contribution >= 0.6 is 0 Å². The van der Waals surface area contributed by atoms with Crippen LogP contribution in [-0.2, 0) is 10.3 Å². The Labute approximate surface area is 155 Å². The second-order valence-corrected chi connectivity index (χ2v) is 7.32. The second-order valence-electron chi connectivity index (χ2n) is 7.32. The molecule has 0 radical (unpaired) electrons. The van der Waals surface area contributed by atoms with Crippen molar-refractivity contribution in [3.63, 3.8) is 0 Å². The molecule has 3 aromatic rings. The number of fused-ring (bicyclic) bond motifs is 1. The van der Waals surface area contributed by atoms with Crippen LogP contribution in [0.3, 0.4) is 0 Å². The Morgan fingerprint density at radius 2 is 1.73 bits per heavy atom. The van der Waals surface area contributed by atoms with Gasteiger partial charge < -0.3 is 10.1 Å². The SMILES string of the molecule is COC(C)(c1ccc(-c2ccc3cccnc3c2)cc1)C1CCNCC1. The number of ether oxygens (including phenoxy) is 1. The van der Waals surface area contributed by atoms with Crippen molar-refractivity contribution in [2.45, 2.75) is 25.4 Å². The Hall–Kier alpha value is -2.23. The van der Waals surface area contributed by atoms with Crippen LogP contribution in [0.15, 0.2) is 60.8 Å². The van der Waals surface area contributed by atoms with Crippen molar-refractivity contribution in [2.75, 3.05) is 20.2 Å². The van der Waals surface area contributed by atoms with Gasteiger partial charge in [-0.1, -0.05) is 42.5 Å². The molecule has 26 heavy (non-hydrogen) atoms. The minimum Gasteiger partial charge on any atom is -0.374 e. The van der Waals surface area contributed by atoms with Crippen molar-refractivity contribution in [2.24, 2.45) is 5.92 Å². The lowest BCUT2D eigenvalue weighted by molar-refractivity contribution is -0.0586. The van der Waals surface area contributed by atoms with E-state index in [2.05, 4.69) is 65.8 Å². The standard InChI is InChI=1S/C23H26N2O/c1-23(26-2,21-11-14-24-15-12-21)20-9-7-17(8-10-20)19-6-5-18-4-3-13-25-22(18)16-19/h3-10,13,16,21,24H,11-12,14-15H2,1-2H3. The van der Waals surface area contributed by atoms with Gasteiger partial charge in [0.1, 0.15) is 0 Å². The second kappa shape index (κ2) is 7.18. The molecule has 1 aromatic heterocycles. The molecule has 2 heterocycles. The van der Waals surface area contributed by atoms with Crippen molar-refractivity contribution in [3.8, 4) is 11.1 Å². The van der Waals surface area contributed by atoms with Crippen LogP contribution in [0.5, 0.6) is 0 Å². The highest BCUT2D eigenvalue weighted by Gasteiger charge is 2.36. The minimum atomic E-state index is -0.231. The molecule has 1 saturated heterocycles. The van der Waals surface area contributed by atoms with Gasteiger partial charge in [0.05, 0.1) is 11.1 Å². The molecule has 1 N–H and O–H groups in total. The molecule has 2 aromatic carbocycles. The molecule has 3 nitrogen and oxygen atoms in total. The lowest BCUT2D eigenvalue weighted by atomic mass is 9.77. The van der Waals surface area contributed by atoms with Gasteiger partial charge in [-0.25, -0.2) is 0 Å². The fourth-order valence-corrected chi connectivity index (χ4v) is 4.13. The monoisotopic (exact) mass is 346 g/mol. The smallest absolute Gasteiger partial charge is 0.0928 e. The van der Waals surface area contributed by atoms with Gasteiger partial charge in [-0.15, -0.1) is 0 Å². The van der Waals surface area contributed by atoms with Gasteiger partial charge in [-0.05, 0) is 67.6 Å². The summed E-state index contributed by atoms with van der Waals surface area (Å²) in [7, 11) is 1.84. The van der Waals surface area contributed by atoms with E-state index in [0.29, 0.717) is 5.92 Å². The summed E-state index contributed by atoms with van der Waals surface area (Å²) in [6, 6.07) is 19.4. The summed E-state index contributed by atoms with van der Waals surface area (Å²) in [6.45, 7) is 4.38. The third-order valence-corrected chi connectivity index (χ3v) is 5.94. The maximum absolute atomic E-state index is 6.03. The van der Waals surface area contributed by atoms with Crippen molar-refractivity contribution in [1.82, 2.24) is 10.3 Å². The van der Waals surface area contributed by atoms with Gasteiger partial charge in [-0.2, -0.15) is 0 Å². The maximum Gasteiger partial charge on any atom is 0.0928 e. The van der Waals surface area contributed by atoms with Crippen LogP contribution in [0.25, 0.3) is 22.0 Å². The Morgan fingerprint density at radius 1 is 1.00 bits per heavy atom. The molecule has 0 spiro atoms. The van der Waals surface area contributed by atoms with E-state index in [-0.39, 0.29) is 5.60 Å². The molecule has 1 aliphatic rings. The molecule has 1 fully saturated rings. The van der Waals surface area contributed by atoms with Gasteiger partial charge in [0.15, 0.2) is 0 Å². The average molecular weight is 346 g/mol. The highest BCUT2D eigenvalue weighted by molar-refractivity contribution is 5.84. The summed E-state index contributed by atoms with van der Waals surface area (Å²) in [4.78, 5) is 4.47. The number of benzene rings is 2. The lowest BCUT2D eigenvalue weighted by Crippen LogP contribution is -2.41. The van der Waals surface area contributed by atoms with Gasteiger partial charge in [0, 0.05) is 18.7 Å². The number of methoxy groups -OCH3 is 1. The summed E-state index contributed by atoms with van der Waals surface area (Å²) >= 11 is 0. The maximum atomic E-state index is 6.03. The molecule has 0 amide bonds. The van der Waals surface area contributed by atoms with E-state index in [1.807, 2.05) is 19.4 Å². The average Bonchev–Trinajstić information content (AvgIpc) is 2.73. The number of rotatable bonds is 4. The molecular formula is C23H26N2O. The lowest BCUT2D eigenvalue weighted by Gasteiger charge is -2.39.